The summed E-state index contributed by atoms with van der Waals surface area (Å²) >= 11 is 8.09. The van der Waals surface area contributed by atoms with Gasteiger partial charge in [0.05, 0.1) is 20.7 Å². The highest BCUT2D eigenvalue weighted by molar-refractivity contribution is 7.16. The van der Waals surface area contributed by atoms with Crippen LogP contribution in [0.5, 0.6) is 0 Å². The predicted octanol–water partition coefficient (Wildman–Crippen LogP) is 8.45. The Morgan fingerprint density at radius 3 is 2.45 bits per heavy atom. The minimum Gasteiger partial charge on any atom is -0.295 e. The van der Waals surface area contributed by atoms with Crippen LogP contribution in [-0.2, 0) is 4.79 Å². The summed E-state index contributed by atoms with van der Waals surface area (Å²) < 4.78 is 14.9. The SMILES string of the molecule is CCC(=O)/C=C/c1ccc(/C(=C(/CC)c2ccc(F)cc2Cl)c2ccc3scnc3c2)cc1. The van der Waals surface area contributed by atoms with Crippen molar-refractivity contribution in [3.8, 4) is 0 Å². The molecule has 0 aliphatic carbocycles. The molecule has 0 saturated carbocycles. The Balaban J connectivity index is 1.90. The third-order valence-electron chi connectivity index (χ3n) is 5.54. The van der Waals surface area contributed by atoms with Gasteiger partial charge in [0.2, 0.25) is 0 Å². The van der Waals surface area contributed by atoms with Crippen molar-refractivity contribution in [1.82, 2.24) is 4.98 Å². The molecular weight excluding hydrogens is 453 g/mol. The molecule has 0 saturated heterocycles. The van der Waals surface area contributed by atoms with Crippen LogP contribution in [-0.4, -0.2) is 10.8 Å². The number of allylic oxidation sites excluding steroid dienone is 2. The van der Waals surface area contributed by atoms with Crippen molar-refractivity contribution >= 4 is 56.2 Å². The van der Waals surface area contributed by atoms with Gasteiger partial charge in [-0.05, 0) is 70.2 Å². The van der Waals surface area contributed by atoms with Crippen LogP contribution in [0.3, 0.4) is 0 Å². The van der Waals surface area contributed by atoms with Gasteiger partial charge < -0.3 is 0 Å². The number of ketones is 1. The maximum atomic E-state index is 13.8. The Morgan fingerprint density at radius 1 is 1.00 bits per heavy atom. The zero-order chi connectivity index (χ0) is 23.4. The first-order valence-electron chi connectivity index (χ1n) is 10.8. The molecule has 1 heterocycles. The number of carbonyl (C=O) groups excluding carboxylic acids is 1. The summed E-state index contributed by atoms with van der Waals surface area (Å²) in [5.41, 5.74) is 8.64. The van der Waals surface area contributed by atoms with Crippen molar-refractivity contribution in [1.29, 1.82) is 0 Å². The van der Waals surface area contributed by atoms with Crippen LogP contribution < -0.4 is 0 Å². The molecule has 0 fully saturated rings. The molecule has 1 aromatic heterocycles. The topological polar surface area (TPSA) is 30.0 Å². The van der Waals surface area contributed by atoms with Gasteiger partial charge in [0.25, 0.3) is 0 Å². The third-order valence-corrected chi connectivity index (χ3v) is 6.66. The van der Waals surface area contributed by atoms with E-state index in [1.54, 1.807) is 23.5 Å². The van der Waals surface area contributed by atoms with Crippen LogP contribution in [0.2, 0.25) is 5.02 Å². The van der Waals surface area contributed by atoms with Crippen LogP contribution in [0.25, 0.3) is 27.4 Å². The zero-order valence-electron chi connectivity index (χ0n) is 18.4. The van der Waals surface area contributed by atoms with E-state index in [0.29, 0.717) is 17.9 Å². The van der Waals surface area contributed by atoms with E-state index in [0.717, 1.165) is 43.6 Å². The minimum atomic E-state index is -0.359. The summed E-state index contributed by atoms with van der Waals surface area (Å²) in [7, 11) is 0. The molecule has 0 unspecified atom stereocenters. The lowest BCUT2D eigenvalue weighted by Crippen LogP contribution is -1.96. The molecule has 5 heteroatoms. The van der Waals surface area contributed by atoms with Gasteiger partial charge in [-0.1, -0.05) is 67.9 Å². The fraction of sp³-hybridized carbons (Fsp3) is 0.143. The molecule has 166 valence electrons. The number of rotatable bonds is 7. The van der Waals surface area contributed by atoms with Crippen LogP contribution in [0.15, 0.2) is 72.3 Å². The summed E-state index contributed by atoms with van der Waals surface area (Å²) in [4.78, 5) is 16.1. The normalized spacial score (nSPS) is 12.4. The van der Waals surface area contributed by atoms with E-state index >= 15 is 0 Å². The number of thiazole rings is 1. The molecule has 0 bridgehead atoms. The number of fused-ring (bicyclic) bond motifs is 1. The second-order valence-corrected chi connectivity index (χ2v) is 8.93. The smallest absolute Gasteiger partial charge is 0.155 e. The van der Waals surface area contributed by atoms with Crippen LogP contribution >= 0.6 is 22.9 Å². The van der Waals surface area contributed by atoms with Crippen molar-refractivity contribution in [2.75, 3.05) is 0 Å². The van der Waals surface area contributed by atoms with Gasteiger partial charge >= 0.3 is 0 Å². The monoisotopic (exact) mass is 475 g/mol. The number of hydrogen-bond donors (Lipinski definition) is 0. The number of benzene rings is 3. The van der Waals surface area contributed by atoms with Crippen molar-refractivity contribution in [2.24, 2.45) is 0 Å². The van der Waals surface area contributed by atoms with E-state index in [2.05, 4.69) is 30.1 Å². The number of nitrogens with zero attached hydrogens (tertiary/aromatic N) is 1. The molecule has 0 spiro atoms. The second kappa shape index (κ2) is 10.2. The van der Waals surface area contributed by atoms with E-state index in [1.165, 1.54) is 12.1 Å². The Kier molecular flexibility index (Phi) is 7.17. The van der Waals surface area contributed by atoms with Crippen molar-refractivity contribution in [2.45, 2.75) is 26.7 Å². The van der Waals surface area contributed by atoms with Gasteiger partial charge in [-0.15, -0.1) is 11.3 Å². The molecule has 0 radical (unpaired) electrons. The third kappa shape index (κ3) is 5.13. The van der Waals surface area contributed by atoms with Crippen LogP contribution in [0.4, 0.5) is 4.39 Å². The average Bonchev–Trinajstić information content (AvgIpc) is 3.30. The summed E-state index contributed by atoms with van der Waals surface area (Å²) in [5.74, 6) is -0.266. The van der Waals surface area contributed by atoms with Crippen molar-refractivity contribution in [3.05, 3.63) is 105 Å². The molecule has 0 aliphatic heterocycles. The number of carbonyl (C=O) groups is 1. The molecule has 0 aliphatic rings. The maximum Gasteiger partial charge on any atom is 0.155 e. The predicted molar refractivity (Wildman–Crippen MR) is 138 cm³/mol. The summed E-state index contributed by atoms with van der Waals surface area (Å²) in [6, 6.07) is 18.9. The molecule has 0 amide bonds. The van der Waals surface area contributed by atoms with E-state index in [9.17, 15) is 9.18 Å². The standard InChI is InChI=1S/C28H23ClFNOS/c1-3-22(32)12-7-18-5-8-19(9-6-18)28(20-10-14-27-26(15-20)31-17-33-27)23(4-2)24-13-11-21(30)16-25(24)29/h5-17H,3-4H2,1-2H3/b12-7+,28-23+. The number of halogens is 2. The quantitative estimate of drug-likeness (QED) is 0.198. The fourth-order valence-electron chi connectivity index (χ4n) is 3.83. The van der Waals surface area contributed by atoms with Crippen molar-refractivity contribution in [3.63, 3.8) is 0 Å². The first-order chi connectivity index (χ1) is 16.0. The molecule has 2 nitrogen and oxygen atoms in total. The molecule has 4 aromatic rings. The van der Waals surface area contributed by atoms with Gasteiger partial charge in [0, 0.05) is 6.42 Å². The van der Waals surface area contributed by atoms with Gasteiger partial charge in [0.1, 0.15) is 5.82 Å². The van der Waals surface area contributed by atoms with E-state index in [4.69, 9.17) is 11.6 Å². The Hall–Kier alpha value is -3.08. The second-order valence-electron chi connectivity index (χ2n) is 7.64. The van der Waals surface area contributed by atoms with Crippen LogP contribution in [0.1, 0.15) is 48.9 Å². The Labute approximate surface area is 202 Å². The summed E-state index contributed by atoms with van der Waals surface area (Å²) in [5, 5.41) is 0.386. The van der Waals surface area contributed by atoms with Crippen molar-refractivity contribution < 1.29 is 9.18 Å². The van der Waals surface area contributed by atoms with Crippen LogP contribution in [0, 0.1) is 5.82 Å². The summed E-state index contributed by atoms with van der Waals surface area (Å²) in [6.07, 6.45) is 4.64. The molecule has 3 aromatic carbocycles. The van der Waals surface area contributed by atoms with E-state index in [-0.39, 0.29) is 11.6 Å². The van der Waals surface area contributed by atoms with E-state index < -0.39 is 0 Å². The first kappa shape index (κ1) is 23.1. The molecule has 0 N–H and O–H groups in total. The van der Waals surface area contributed by atoms with E-state index in [1.807, 2.05) is 42.8 Å². The van der Waals surface area contributed by atoms with Gasteiger partial charge in [-0.3, -0.25) is 4.79 Å². The lowest BCUT2D eigenvalue weighted by atomic mass is 9.87. The van der Waals surface area contributed by atoms with Gasteiger partial charge in [-0.2, -0.15) is 0 Å². The minimum absolute atomic E-state index is 0.0930. The molecule has 0 atom stereocenters. The maximum absolute atomic E-state index is 13.8. The fourth-order valence-corrected chi connectivity index (χ4v) is 4.77. The highest BCUT2D eigenvalue weighted by atomic mass is 35.5. The largest absolute Gasteiger partial charge is 0.295 e. The van der Waals surface area contributed by atoms with Gasteiger partial charge in [-0.25, -0.2) is 9.37 Å². The van der Waals surface area contributed by atoms with Gasteiger partial charge in [0.15, 0.2) is 5.78 Å². The Morgan fingerprint density at radius 2 is 1.76 bits per heavy atom. The molecule has 33 heavy (non-hydrogen) atoms. The average molecular weight is 476 g/mol. The highest BCUT2D eigenvalue weighted by Crippen LogP contribution is 2.38. The molecule has 4 rings (SSSR count). The first-order valence-corrected chi connectivity index (χ1v) is 12.1. The number of aromatic nitrogens is 1. The summed E-state index contributed by atoms with van der Waals surface area (Å²) in [6.45, 7) is 3.92. The molecular formula is C28H23ClFNOS. The highest BCUT2D eigenvalue weighted by Gasteiger charge is 2.16. The Bertz CT molecular complexity index is 1370. The number of hydrogen-bond acceptors (Lipinski definition) is 3. The lowest BCUT2D eigenvalue weighted by Gasteiger charge is -2.17. The zero-order valence-corrected chi connectivity index (χ0v) is 20.0. The lowest BCUT2D eigenvalue weighted by molar-refractivity contribution is -0.114.